The number of carbonyl (C=O) groups excluding carboxylic acids is 2. The van der Waals surface area contributed by atoms with Crippen LogP contribution in [0.5, 0.6) is 11.5 Å². The van der Waals surface area contributed by atoms with Crippen molar-refractivity contribution < 1.29 is 19.1 Å². The number of nitrogens with zero attached hydrogens (tertiary/aromatic N) is 2. The molecule has 9 nitrogen and oxygen atoms in total. The molecule has 1 aromatic heterocycles. The highest BCUT2D eigenvalue weighted by atomic mass is 35.5. The third kappa shape index (κ3) is 4.46. The maximum absolute atomic E-state index is 12.4. The van der Waals surface area contributed by atoms with Gasteiger partial charge in [-0.2, -0.15) is 0 Å². The summed E-state index contributed by atoms with van der Waals surface area (Å²) in [4.78, 5) is 33.4. The maximum Gasteiger partial charge on any atom is 0.258 e. The van der Waals surface area contributed by atoms with E-state index in [2.05, 4.69) is 25.9 Å². The predicted octanol–water partition coefficient (Wildman–Crippen LogP) is 2.55. The first-order chi connectivity index (χ1) is 14.9. The molecule has 10 heteroatoms. The van der Waals surface area contributed by atoms with Crippen LogP contribution in [0, 0.1) is 0 Å². The molecule has 4 rings (SSSR count). The molecule has 1 aliphatic heterocycles. The van der Waals surface area contributed by atoms with E-state index in [1.807, 2.05) is 6.07 Å². The van der Waals surface area contributed by atoms with Gasteiger partial charge in [0, 0.05) is 28.7 Å². The van der Waals surface area contributed by atoms with E-state index in [4.69, 9.17) is 21.1 Å². The Bertz CT molecular complexity index is 1170. The number of nitrogens with one attached hydrogen (secondary N) is 3. The molecule has 160 valence electrons. The van der Waals surface area contributed by atoms with E-state index >= 15 is 0 Å². The predicted molar refractivity (Wildman–Crippen MR) is 116 cm³/mol. The Balaban J connectivity index is 1.84. The number of fused-ring (bicyclic) bond motifs is 2. The summed E-state index contributed by atoms with van der Waals surface area (Å²) in [7, 11) is 1.50. The highest BCUT2D eigenvalue weighted by Crippen LogP contribution is 2.35. The average Bonchev–Trinajstić information content (AvgIpc) is 2.76. The highest BCUT2D eigenvalue weighted by molar-refractivity contribution is 6.30. The van der Waals surface area contributed by atoms with Crippen molar-refractivity contribution in [3.8, 4) is 11.5 Å². The van der Waals surface area contributed by atoms with Gasteiger partial charge in [0.1, 0.15) is 18.2 Å². The number of aromatic nitrogens is 2. The minimum absolute atomic E-state index is 0.233. The lowest BCUT2D eigenvalue weighted by atomic mass is 10.1. The molecule has 2 bridgehead atoms. The topological polar surface area (TPSA) is 114 Å². The number of rotatable bonds is 1. The first-order valence-electron chi connectivity index (χ1n) is 9.52. The van der Waals surface area contributed by atoms with Gasteiger partial charge in [-0.05, 0) is 30.7 Å². The average molecular weight is 442 g/mol. The zero-order chi connectivity index (χ0) is 22.0. The molecule has 3 aromatic rings. The van der Waals surface area contributed by atoms with Crippen LogP contribution in [-0.2, 0) is 16.1 Å². The minimum Gasteiger partial charge on any atom is -0.493 e. The molecule has 0 spiro atoms. The molecule has 1 atom stereocenters. The molecule has 0 saturated heterocycles. The second-order valence-corrected chi connectivity index (χ2v) is 7.40. The highest BCUT2D eigenvalue weighted by Gasteiger charge is 2.19. The van der Waals surface area contributed by atoms with E-state index in [9.17, 15) is 9.59 Å². The summed E-state index contributed by atoms with van der Waals surface area (Å²) in [5.74, 6) is 0.519. The molecule has 3 N–H and O–H groups in total. The summed E-state index contributed by atoms with van der Waals surface area (Å²) in [6, 6.07) is 7.98. The molecule has 0 aliphatic carbocycles. The van der Waals surface area contributed by atoms with Crippen molar-refractivity contribution >= 4 is 45.8 Å². The zero-order valence-electron chi connectivity index (χ0n) is 16.9. The van der Waals surface area contributed by atoms with Crippen molar-refractivity contribution in [3.63, 3.8) is 0 Å². The van der Waals surface area contributed by atoms with Gasteiger partial charge in [0.2, 0.25) is 5.91 Å². The normalized spacial score (nSPS) is 16.8. The van der Waals surface area contributed by atoms with E-state index in [1.54, 1.807) is 31.2 Å². The first kappa shape index (κ1) is 20.7. The van der Waals surface area contributed by atoms with E-state index < -0.39 is 11.9 Å². The third-order valence-corrected chi connectivity index (χ3v) is 5.06. The zero-order valence-corrected chi connectivity index (χ0v) is 17.6. The second-order valence-electron chi connectivity index (χ2n) is 6.96. The summed E-state index contributed by atoms with van der Waals surface area (Å²) in [5, 5.41) is 9.90. The van der Waals surface area contributed by atoms with Gasteiger partial charge in [-0.1, -0.05) is 17.7 Å². The fourth-order valence-corrected chi connectivity index (χ4v) is 3.38. The van der Waals surface area contributed by atoms with E-state index in [-0.39, 0.29) is 19.1 Å². The summed E-state index contributed by atoms with van der Waals surface area (Å²) < 4.78 is 11.1. The molecule has 0 fully saturated rings. The standard InChI is InChI=1S/C21H20ClN5O4/c1-11-21(29)23-8-12-3-4-13(22)5-15(12)27-20-14-6-18(31-9-19(28)26-11)17(30-2)7-16(14)24-10-25-20/h3-7,10-11H,8-9H2,1-2H3,(H,23,29)(H,26,28)(H,24,25,27). The van der Waals surface area contributed by atoms with Crippen molar-refractivity contribution in [1.29, 1.82) is 0 Å². The molecule has 31 heavy (non-hydrogen) atoms. The minimum atomic E-state index is -0.739. The Kier molecular flexibility index (Phi) is 5.77. The van der Waals surface area contributed by atoms with Crippen LogP contribution in [0.15, 0.2) is 36.7 Å². The van der Waals surface area contributed by atoms with Crippen LogP contribution in [-0.4, -0.2) is 41.5 Å². The molecule has 0 radical (unpaired) electrons. The Morgan fingerprint density at radius 2 is 2.03 bits per heavy atom. The lowest BCUT2D eigenvalue weighted by molar-refractivity contribution is -0.129. The van der Waals surface area contributed by atoms with Crippen LogP contribution in [0.1, 0.15) is 12.5 Å². The lowest BCUT2D eigenvalue weighted by Crippen LogP contribution is -2.46. The molecular formula is C21H20ClN5O4. The lowest BCUT2D eigenvalue weighted by Gasteiger charge is -2.16. The number of hydrogen-bond donors (Lipinski definition) is 3. The first-order valence-corrected chi connectivity index (χ1v) is 9.90. The van der Waals surface area contributed by atoms with Crippen LogP contribution < -0.4 is 25.4 Å². The van der Waals surface area contributed by atoms with Crippen molar-refractivity contribution in [1.82, 2.24) is 20.6 Å². The number of methoxy groups -OCH3 is 1. The Hall–Kier alpha value is -3.59. The van der Waals surface area contributed by atoms with E-state index in [0.717, 1.165) is 5.56 Å². The van der Waals surface area contributed by atoms with Crippen molar-refractivity contribution in [2.24, 2.45) is 0 Å². The Morgan fingerprint density at radius 3 is 2.84 bits per heavy atom. The molecule has 1 unspecified atom stereocenters. The summed E-state index contributed by atoms with van der Waals surface area (Å²) in [5.41, 5.74) is 2.10. The SMILES string of the molecule is COc1cc2ncnc3c2cc1OCC(=O)NC(C)C(=O)NCc1ccc(Cl)cc1N3. The number of benzene rings is 2. The molecular weight excluding hydrogens is 422 g/mol. The number of carbonyl (C=O) groups is 2. The van der Waals surface area contributed by atoms with Crippen molar-refractivity contribution in [3.05, 3.63) is 47.2 Å². The number of anilines is 2. The smallest absolute Gasteiger partial charge is 0.258 e. The number of ether oxygens (including phenoxy) is 2. The summed E-state index contributed by atoms with van der Waals surface area (Å²) in [6.45, 7) is 1.55. The van der Waals surface area contributed by atoms with Crippen LogP contribution >= 0.6 is 11.6 Å². The molecule has 1 aliphatic rings. The van der Waals surface area contributed by atoms with E-state index in [0.29, 0.717) is 38.9 Å². The van der Waals surface area contributed by atoms with E-state index in [1.165, 1.54) is 13.4 Å². The quantitative estimate of drug-likeness (QED) is 0.531. The molecule has 0 saturated carbocycles. The van der Waals surface area contributed by atoms with Gasteiger partial charge in [0.25, 0.3) is 5.91 Å². The molecule has 2 aromatic carbocycles. The van der Waals surface area contributed by atoms with Crippen LogP contribution in [0.2, 0.25) is 5.02 Å². The fraction of sp³-hybridized carbons (Fsp3) is 0.238. The van der Waals surface area contributed by atoms with Crippen LogP contribution in [0.25, 0.3) is 10.9 Å². The number of hydrogen-bond acceptors (Lipinski definition) is 7. The number of halogens is 1. The molecule has 2 heterocycles. The third-order valence-electron chi connectivity index (χ3n) is 4.83. The second kappa shape index (κ2) is 8.65. The fourth-order valence-electron chi connectivity index (χ4n) is 3.21. The van der Waals surface area contributed by atoms with Gasteiger partial charge in [0.05, 0.1) is 12.6 Å². The van der Waals surface area contributed by atoms with Crippen molar-refractivity contribution in [2.45, 2.75) is 19.5 Å². The summed E-state index contributed by atoms with van der Waals surface area (Å²) >= 11 is 6.20. The largest absolute Gasteiger partial charge is 0.493 e. The molecule has 2 amide bonds. The summed E-state index contributed by atoms with van der Waals surface area (Å²) in [6.07, 6.45) is 1.43. The van der Waals surface area contributed by atoms with Gasteiger partial charge in [-0.15, -0.1) is 0 Å². The van der Waals surface area contributed by atoms with Gasteiger partial charge < -0.3 is 25.4 Å². The van der Waals surface area contributed by atoms with Gasteiger partial charge in [-0.25, -0.2) is 9.97 Å². The van der Waals surface area contributed by atoms with Gasteiger partial charge in [0.15, 0.2) is 18.1 Å². The Labute approximate surface area is 183 Å². The monoisotopic (exact) mass is 441 g/mol. The number of amides is 2. The van der Waals surface area contributed by atoms with Crippen LogP contribution in [0.3, 0.4) is 0 Å². The van der Waals surface area contributed by atoms with Gasteiger partial charge >= 0.3 is 0 Å². The van der Waals surface area contributed by atoms with Crippen molar-refractivity contribution in [2.75, 3.05) is 19.0 Å². The Morgan fingerprint density at radius 1 is 1.19 bits per heavy atom. The van der Waals surface area contributed by atoms with Crippen LogP contribution in [0.4, 0.5) is 11.5 Å². The maximum atomic E-state index is 12.4. The van der Waals surface area contributed by atoms with Gasteiger partial charge in [-0.3, -0.25) is 9.59 Å².